The Kier molecular flexibility index (Phi) is 3.06. The van der Waals surface area contributed by atoms with Crippen LogP contribution >= 0.6 is 15.9 Å². The zero-order valence-corrected chi connectivity index (χ0v) is 11.6. The third kappa shape index (κ3) is 2.26. The van der Waals surface area contributed by atoms with Crippen molar-refractivity contribution in [3.8, 4) is 0 Å². The van der Waals surface area contributed by atoms with Crippen LogP contribution in [0.4, 0.5) is 0 Å². The molecule has 2 aromatic rings. The second-order valence-corrected chi connectivity index (χ2v) is 5.43. The Bertz CT molecular complexity index is 684. The van der Waals surface area contributed by atoms with Crippen molar-refractivity contribution in [1.82, 2.24) is 10.3 Å². The number of imide groups is 1. The van der Waals surface area contributed by atoms with Crippen LogP contribution in [0, 0.1) is 0 Å². The molecular formula is C14H11BrN2O2. The average molecular weight is 319 g/mol. The minimum absolute atomic E-state index is 0.190. The van der Waals surface area contributed by atoms with E-state index in [0.717, 1.165) is 20.9 Å². The summed E-state index contributed by atoms with van der Waals surface area (Å²) < 4.78 is 0.951. The quantitative estimate of drug-likeness (QED) is 0.822. The average Bonchev–Trinajstić information content (AvgIpc) is 2.39. The zero-order valence-electron chi connectivity index (χ0n) is 10.0. The van der Waals surface area contributed by atoms with Crippen molar-refractivity contribution >= 4 is 38.6 Å². The Morgan fingerprint density at radius 1 is 1.26 bits per heavy atom. The molecule has 2 heterocycles. The summed E-state index contributed by atoms with van der Waals surface area (Å²) in [4.78, 5) is 27.3. The van der Waals surface area contributed by atoms with E-state index in [2.05, 4.69) is 26.2 Å². The van der Waals surface area contributed by atoms with Crippen LogP contribution in [-0.4, -0.2) is 16.8 Å². The number of halogens is 1. The first-order chi connectivity index (χ1) is 9.15. The molecule has 5 heteroatoms. The molecule has 1 aliphatic rings. The van der Waals surface area contributed by atoms with Crippen molar-refractivity contribution in [2.75, 3.05) is 0 Å². The molecule has 0 radical (unpaired) electrons. The minimum Gasteiger partial charge on any atom is -0.296 e. The van der Waals surface area contributed by atoms with Crippen molar-refractivity contribution in [2.24, 2.45) is 0 Å². The lowest BCUT2D eigenvalue weighted by Crippen LogP contribution is -2.39. The maximum Gasteiger partial charge on any atom is 0.234 e. The highest BCUT2D eigenvalue weighted by Gasteiger charge is 2.28. The van der Waals surface area contributed by atoms with E-state index in [9.17, 15) is 9.59 Å². The summed E-state index contributed by atoms with van der Waals surface area (Å²) in [7, 11) is 0. The second kappa shape index (κ2) is 4.74. The fourth-order valence-corrected chi connectivity index (χ4v) is 2.79. The third-order valence-electron chi connectivity index (χ3n) is 3.35. The van der Waals surface area contributed by atoms with Gasteiger partial charge in [-0.15, -0.1) is 0 Å². The number of hydrogen-bond acceptors (Lipinski definition) is 3. The third-order valence-corrected chi connectivity index (χ3v) is 4.05. The van der Waals surface area contributed by atoms with E-state index in [-0.39, 0.29) is 17.7 Å². The summed E-state index contributed by atoms with van der Waals surface area (Å²) in [6.07, 6.45) is 2.69. The first-order valence-electron chi connectivity index (χ1n) is 6.03. The normalized spacial score (nSPS) is 19.5. The molecule has 96 valence electrons. The highest BCUT2D eigenvalue weighted by atomic mass is 79.9. The number of nitrogens with one attached hydrogen (secondary N) is 1. The second-order valence-electron chi connectivity index (χ2n) is 4.57. The van der Waals surface area contributed by atoms with Gasteiger partial charge in [0.25, 0.3) is 0 Å². The number of piperidine rings is 1. The van der Waals surface area contributed by atoms with Gasteiger partial charge in [-0.2, -0.15) is 0 Å². The number of carbonyl (C=O) groups is 2. The van der Waals surface area contributed by atoms with Gasteiger partial charge in [-0.3, -0.25) is 19.9 Å². The number of benzene rings is 1. The number of aromatic nitrogens is 1. The highest BCUT2D eigenvalue weighted by molar-refractivity contribution is 9.10. The van der Waals surface area contributed by atoms with Crippen LogP contribution in [0.3, 0.4) is 0 Å². The molecule has 1 N–H and O–H groups in total. The lowest BCUT2D eigenvalue weighted by atomic mass is 9.90. The van der Waals surface area contributed by atoms with Gasteiger partial charge in [0, 0.05) is 22.5 Å². The van der Waals surface area contributed by atoms with Crippen molar-refractivity contribution in [1.29, 1.82) is 0 Å². The van der Waals surface area contributed by atoms with Gasteiger partial charge < -0.3 is 0 Å². The van der Waals surface area contributed by atoms with E-state index in [1.54, 1.807) is 6.20 Å². The number of amides is 2. The minimum atomic E-state index is -0.255. The van der Waals surface area contributed by atoms with Gasteiger partial charge in [0.2, 0.25) is 11.8 Å². The smallest absolute Gasteiger partial charge is 0.234 e. The standard InChI is InChI=1S/C14H11BrN2O2/c15-11-5-6-16-12-3-1-8(7-10(11)12)9-2-4-13(18)17-14(9)19/h1,3,5-7,9H,2,4H2,(H,17,18,19). The number of nitrogens with zero attached hydrogens (tertiary/aromatic N) is 1. The maximum atomic E-state index is 11.9. The van der Waals surface area contributed by atoms with E-state index in [1.807, 2.05) is 24.3 Å². The lowest BCUT2D eigenvalue weighted by Gasteiger charge is -2.21. The van der Waals surface area contributed by atoms with Gasteiger partial charge in [-0.05, 0) is 30.2 Å². The summed E-state index contributed by atoms with van der Waals surface area (Å²) in [5.74, 6) is -0.658. The van der Waals surface area contributed by atoms with Crippen molar-refractivity contribution in [2.45, 2.75) is 18.8 Å². The van der Waals surface area contributed by atoms with Gasteiger partial charge in [0.05, 0.1) is 11.4 Å². The molecule has 2 amide bonds. The van der Waals surface area contributed by atoms with Gasteiger partial charge in [-0.1, -0.05) is 22.0 Å². The summed E-state index contributed by atoms with van der Waals surface area (Å²) in [5, 5.41) is 3.36. The molecule has 1 saturated heterocycles. The fourth-order valence-electron chi connectivity index (χ4n) is 2.36. The Labute approximate surface area is 118 Å². The number of carbonyl (C=O) groups excluding carboxylic acids is 2. The van der Waals surface area contributed by atoms with E-state index in [1.165, 1.54) is 0 Å². The van der Waals surface area contributed by atoms with Crippen LogP contribution in [0.1, 0.15) is 24.3 Å². The summed E-state index contributed by atoms with van der Waals surface area (Å²) in [6, 6.07) is 7.64. The van der Waals surface area contributed by atoms with E-state index in [0.29, 0.717) is 12.8 Å². The molecule has 0 aliphatic carbocycles. The summed E-state index contributed by atoms with van der Waals surface area (Å²) >= 11 is 3.49. The first-order valence-corrected chi connectivity index (χ1v) is 6.82. The lowest BCUT2D eigenvalue weighted by molar-refractivity contribution is -0.134. The molecule has 0 saturated carbocycles. The monoisotopic (exact) mass is 318 g/mol. The number of rotatable bonds is 1. The molecule has 1 fully saturated rings. The van der Waals surface area contributed by atoms with Crippen LogP contribution in [0.5, 0.6) is 0 Å². The number of pyridine rings is 1. The fraction of sp³-hybridized carbons (Fsp3) is 0.214. The number of fused-ring (bicyclic) bond motifs is 1. The molecule has 19 heavy (non-hydrogen) atoms. The van der Waals surface area contributed by atoms with Crippen molar-refractivity contribution < 1.29 is 9.59 Å². The SMILES string of the molecule is O=C1CCC(c2ccc3nccc(Br)c3c2)C(=O)N1. The Morgan fingerprint density at radius 3 is 2.89 bits per heavy atom. The van der Waals surface area contributed by atoms with E-state index >= 15 is 0 Å². The topological polar surface area (TPSA) is 59.1 Å². The molecule has 3 rings (SSSR count). The van der Waals surface area contributed by atoms with Crippen LogP contribution in [0.25, 0.3) is 10.9 Å². The molecule has 0 spiro atoms. The van der Waals surface area contributed by atoms with Crippen LogP contribution in [0.15, 0.2) is 34.9 Å². The van der Waals surface area contributed by atoms with Gasteiger partial charge in [0.1, 0.15) is 0 Å². The maximum absolute atomic E-state index is 11.9. The molecule has 1 unspecified atom stereocenters. The predicted octanol–water partition coefficient (Wildman–Crippen LogP) is 2.52. The van der Waals surface area contributed by atoms with Crippen LogP contribution < -0.4 is 5.32 Å². The van der Waals surface area contributed by atoms with Gasteiger partial charge in [0.15, 0.2) is 0 Å². The Balaban J connectivity index is 2.04. The first kappa shape index (κ1) is 12.3. The van der Waals surface area contributed by atoms with E-state index in [4.69, 9.17) is 0 Å². The molecular weight excluding hydrogens is 308 g/mol. The number of hydrogen-bond donors (Lipinski definition) is 1. The zero-order chi connectivity index (χ0) is 13.4. The highest BCUT2D eigenvalue weighted by Crippen LogP contribution is 2.29. The van der Waals surface area contributed by atoms with Crippen molar-refractivity contribution in [3.63, 3.8) is 0 Å². The molecule has 4 nitrogen and oxygen atoms in total. The molecule has 1 aromatic heterocycles. The molecule has 1 atom stereocenters. The van der Waals surface area contributed by atoms with Gasteiger partial charge in [-0.25, -0.2) is 0 Å². The largest absolute Gasteiger partial charge is 0.296 e. The van der Waals surface area contributed by atoms with Crippen LogP contribution in [0.2, 0.25) is 0 Å². The molecule has 1 aromatic carbocycles. The van der Waals surface area contributed by atoms with Gasteiger partial charge >= 0.3 is 0 Å². The molecule has 0 bridgehead atoms. The van der Waals surface area contributed by atoms with Crippen LogP contribution in [-0.2, 0) is 9.59 Å². The molecule has 1 aliphatic heterocycles. The Morgan fingerprint density at radius 2 is 2.11 bits per heavy atom. The Hall–Kier alpha value is -1.75. The predicted molar refractivity (Wildman–Crippen MR) is 74.6 cm³/mol. The summed E-state index contributed by atoms with van der Waals surface area (Å²) in [5.41, 5.74) is 1.80. The van der Waals surface area contributed by atoms with E-state index < -0.39 is 0 Å². The van der Waals surface area contributed by atoms with Crippen molar-refractivity contribution in [3.05, 3.63) is 40.5 Å². The summed E-state index contributed by atoms with van der Waals surface area (Å²) in [6.45, 7) is 0.